The second kappa shape index (κ2) is 7.04. The van der Waals surface area contributed by atoms with E-state index in [1.54, 1.807) is 12.1 Å². The topological polar surface area (TPSA) is 26.3 Å². The Labute approximate surface area is 122 Å². The van der Waals surface area contributed by atoms with Gasteiger partial charge in [-0.1, -0.05) is 47.2 Å². The van der Waals surface area contributed by atoms with Crippen molar-refractivity contribution in [3.63, 3.8) is 0 Å². The summed E-state index contributed by atoms with van der Waals surface area (Å²) in [6.45, 7) is 4.17. The molecule has 0 spiro atoms. The maximum absolute atomic E-state index is 11.8. The third-order valence-electron chi connectivity index (χ3n) is 2.74. The van der Waals surface area contributed by atoms with Crippen LogP contribution in [-0.4, -0.2) is 10.8 Å². The molecule has 0 bridgehead atoms. The molecule has 0 amide bonds. The van der Waals surface area contributed by atoms with E-state index in [4.69, 9.17) is 4.18 Å². The van der Waals surface area contributed by atoms with Gasteiger partial charge in [-0.3, -0.25) is 4.18 Å². The van der Waals surface area contributed by atoms with E-state index in [9.17, 15) is 4.21 Å². The largest absolute Gasteiger partial charge is 0.274 e. The molecule has 3 heteroatoms. The summed E-state index contributed by atoms with van der Waals surface area (Å²) in [7, 11) is 0. The van der Waals surface area contributed by atoms with Crippen LogP contribution in [0.2, 0.25) is 0 Å². The van der Waals surface area contributed by atoms with E-state index in [1.807, 2.05) is 50.2 Å². The molecule has 0 aliphatic carbocycles. The van der Waals surface area contributed by atoms with Crippen LogP contribution < -0.4 is 0 Å². The van der Waals surface area contributed by atoms with Crippen LogP contribution in [0.5, 0.6) is 0 Å². The van der Waals surface area contributed by atoms with Gasteiger partial charge in [0.05, 0.1) is 4.90 Å². The van der Waals surface area contributed by atoms with E-state index in [0.29, 0.717) is 4.90 Å². The first-order valence-corrected chi connectivity index (χ1v) is 7.40. The minimum Gasteiger partial charge on any atom is -0.274 e. The molecular weight excluding hydrogens is 268 g/mol. The molecule has 0 N–H and O–H groups in total. The summed E-state index contributed by atoms with van der Waals surface area (Å²) in [5.74, 6) is 5.85. The minimum absolute atomic E-state index is 0.147. The molecule has 0 unspecified atom stereocenters. The lowest BCUT2D eigenvalue weighted by Crippen LogP contribution is -1.98. The quantitative estimate of drug-likeness (QED) is 0.808. The van der Waals surface area contributed by atoms with Gasteiger partial charge in [0.2, 0.25) is 0 Å². The standard InChI is InChI=1S/C17H16O2S/c1-14-5-9-16(10-6-14)4-3-13-19-20(18)17-11-7-15(2)8-12-17/h5-12H,13H2,1-2H3/t20-/m0/s1. The summed E-state index contributed by atoms with van der Waals surface area (Å²) in [6, 6.07) is 15.4. The predicted octanol–water partition coefficient (Wildman–Crippen LogP) is 3.39. The zero-order valence-corrected chi connectivity index (χ0v) is 12.4. The molecule has 1 atom stereocenters. The number of benzene rings is 2. The van der Waals surface area contributed by atoms with Gasteiger partial charge < -0.3 is 0 Å². The Kier molecular flexibility index (Phi) is 5.11. The van der Waals surface area contributed by atoms with Crippen molar-refractivity contribution in [2.45, 2.75) is 18.7 Å². The zero-order valence-electron chi connectivity index (χ0n) is 11.6. The summed E-state index contributed by atoms with van der Waals surface area (Å²) >= 11 is -1.46. The van der Waals surface area contributed by atoms with Crippen LogP contribution in [0.25, 0.3) is 0 Å². The number of hydrogen-bond acceptors (Lipinski definition) is 2. The summed E-state index contributed by atoms with van der Waals surface area (Å²) in [6.07, 6.45) is 0. The lowest BCUT2D eigenvalue weighted by atomic mass is 10.2. The lowest BCUT2D eigenvalue weighted by molar-refractivity contribution is 0.402. The molecule has 2 aromatic rings. The Morgan fingerprint density at radius 2 is 1.50 bits per heavy atom. The highest BCUT2D eigenvalue weighted by molar-refractivity contribution is 7.80. The highest BCUT2D eigenvalue weighted by Gasteiger charge is 2.02. The van der Waals surface area contributed by atoms with Crippen molar-refractivity contribution in [1.82, 2.24) is 0 Å². The Hall–Kier alpha value is -1.89. The maximum Gasteiger partial charge on any atom is 0.190 e. The predicted molar refractivity (Wildman–Crippen MR) is 81.6 cm³/mol. The van der Waals surface area contributed by atoms with Crippen LogP contribution in [0.3, 0.4) is 0 Å². The van der Waals surface area contributed by atoms with E-state index in [0.717, 1.165) is 11.1 Å². The highest BCUT2D eigenvalue weighted by Crippen LogP contribution is 2.09. The van der Waals surface area contributed by atoms with Crippen molar-refractivity contribution in [3.8, 4) is 11.8 Å². The van der Waals surface area contributed by atoms with Crippen LogP contribution in [0.4, 0.5) is 0 Å². The summed E-state index contributed by atoms with van der Waals surface area (Å²) in [5.41, 5.74) is 3.26. The van der Waals surface area contributed by atoms with E-state index in [1.165, 1.54) is 5.56 Å². The highest BCUT2D eigenvalue weighted by atomic mass is 32.2. The van der Waals surface area contributed by atoms with E-state index >= 15 is 0 Å². The molecule has 0 saturated carbocycles. The molecule has 0 saturated heterocycles. The van der Waals surface area contributed by atoms with Gasteiger partial charge in [0.1, 0.15) is 6.61 Å². The van der Waals surface area contributed by atoms with Crippen molar-refractivity contribution in [3.05, 3.63) is 65.2 Å². The van der Waals surface area contributed by atoms with Crippen molar-refractivity contribution in [2.75, 3.05) is 6.61 Å². The van der Waals surface area contributed by atoms with Gasteiger partial charge >= 0.3 is 0 Å². The molecule has 2 aromatic carbocycles. The smallest absolute Gasteiger partial charge is 0.190 e. The van der Waals surface area contributed by atoms with Crippen LogP contribution in [0, 0.1) is 25.7 Å². The molecule has 0 heterocycles. The Bertz CT molecular complexity index is 646. The Morgan fingerprint density at radius 1 is 0.950 bits per heavy atom. The molecule has 0 aliphatic rings. The van der Waals surface area contributed by atoms with Gasteiger partial charge in [0.25, 0.3) is 0 Å². The zero-order chi connectivity index (χ0) is 14.4. The SMILES string of the molecule is Cc1ccc(C#CCO[S@](=O)c2ccc(C)cc2)cc1. The van der Waals surface area contributed by atoms with Gasteiger partial charge in [-0.15, -0.1) is 0 Å². The van der Waals surface area contributed by atoms with Crippen molar-refractivity contribution >= 4 is 11.1 Å². The third kappa shape index (κ3) is 4.34. The average molecular weight is 284 g/mol. The maximum atomic E-state index is 11.8. The van der Waals surface area contributed by atoms with Crippen molar-refractivity contribution < 1.29 is 8.39 Å². The second-order valence-electron chi connectivity index (χ2n) is 4.48. The minimum atomic E-state index is -1.46. The number of rotatable bonds is 3. The monoisotopic (exact) mass is 284 g/mol. The van der Waals surface area contributed by atoms with E-state index in [2.05, 4.69) is 11.8 Å². The summed E-state index contributed by atoms with van der Waals surface area (Å²) in [5, 5.41) is 0. The van der Waals surface area contributed by atoms with Gasteiger partial charge in [-0.2, -0.15) is 0 Å². The van der Waals surface area contributed by atoms with Crippen LogP contribution in [0.1, 0.15) is 16.7 Å². The fraction of sp³-hybridized carbons (Fsp3) is 0.176. The first kappa shape index (κ1) is 14.5. The van der Waals surface area contributed by atoms with Gasteiger partial charge in [0, 0.05) is 5.56 Å². The third-order valence-corrected chi connectivity index (χ3v) is 3.72. The molecule has 0 radical (unpaired) electrons. The Morgan fingerprint density at radius 3 is 2.10 bits per heavy atom. The van der Waals surface area contributed by atoms with E-state index < -0.39 is 11.1 Å². The van der Waals surface area contributed by atoms with Crippen LogP contribution in [0.15, 0.2) is 53.4 Å². The average Bonchev–Trinajstić information content (AvgIpc) is 2.46. The molecular formula is C17H16O2S. The van der Waals surface area contributed by atoms with Crippen LogP contribution in [-0.2, 0) is 15.3 Å². The van der Waals surface area contributed by atoms with Gasteiger partial charge in [0.15, 0.2) is 11.1 Å². The molecule has 102 valence electrons. The first-order chi connectivity index (χ1) is 9.65. The fourth-order valence-electron chi connectivity index (χ4n) is 1.58. The first-order valence-electron chi connectivity index (χ1n) is 6.32. The van der Waals surface area contributed by atoms with Gasteiger partial charge in [-0.05, 0) is 38.1 Å². The molecule has 0 aromatic heterocycles. The van der Waals surface area contributed by atoms with Crippen molar-refractivity contribution in [2.24, 2.45) is 0 Å². The number of aryl methyl sites for hydroxylation is 2. The molecule has 2 nitrogen and oxygen atoms in total. The summed E-state index contributed by atoms with van der Waals surface area (Å²) in [4.78, 5) is 0.660. The summed E-state index contributed by atoms with van der Waals surface area (Å²) < 4.78 is 17.0. The molecule has 0 aliphatic heterocycles. The van der Waals surface area contributed by atoms with E-state index in [-0.39, 0.29) is 6.61 Å². The Balaban J connectivity index is 1.88. The normalized spacial score (nSPS) is 11.5. The molecule has 0 fully saturated rings. The lowest BCUT2D eigenvalue weighted by Gasteiger charge is -2.00. The molecule has 20 heavy (non-hydrogen) atoms. The van der Waals surface area contributed by atoms with Crippen molar-refractivity contribution in [1.29, 1.82) is 0 Å². The second-order valence-corrected chi connectivity index (χ2v) is 5.65. The number of hydrogen-bond donors (Lipinski definition) is 0. The molecule has 2 rings (SSSR count). The fourth-order valence-corrected chi connectivity index (χ4v) is 2.24. The van der Waals surface area contributed by atoms with Gasteiger partial charge in [-0.25, -0.2) is 4.21 Å². The van der Waals surface area contributed by atoms with Crippen LogP contribution >= 0.6 is 0 Å².